The summed E-state index contributed by atoms with van der Waals surface area (Å²) >= 11 is 0. The Bertz CT molecular complexity index is 801. The predicted molar refractivity (Wildman–Crippen MR) is 113 cm³/mol. The fraction of sp³-hybridized carbons (Fsp3) is 0.417. The van der Waals surface area contributed by atoms with Gasteiger partial charge in [0.25, 0.3) is 0 Å². The molecule has 0 spiro atoms. The SMILES string of the molecule is CCC(CNC(=O)C1CCN(Cc2ccccc2)CC1)(C(=O)O)c1ccccc1. The van der Waals surface area contributed by atoms with Crippen LogP contribution in [0.1, 0.15) is 37.3 Å². The molecule has 1 saturated heterocycles. The molecule has 0 saturated carbocycles. The van der Waals surface area contributed by atoms with Crippen molar-refractivity contribution in [1.82, 2.24) is 10.2 Å². The van der Waals surface area contributed by atoms with Crippen LogP contribution in [0.2, 0.25) is 0 Å². The summed E-state index contributed by atoms with van der Waals surface area (Å²) in [6.45, 7) is 4.63. The Hall–Kier alpha value is -2.66. The lowest BCUT2D eigenvalue weighted by Crippen LogP contribution is -2.48. The van der Waals surface area contributed by atoms with Crippen molar-refractivity contribution in [3.63, 3.8) is 0 Å². The molecule has 2 aromatic carbocycles. The van der Waals surface area contributed by atoms with Gasteiger partial charge in [-0.15, -0.1) is 0 Å². The van der Waals surface area contributed by atoms with Gasteiger partial charge in [-0.05, 0) is 43.5 Å². The Balaban J connectivity index is 1.55. The van der Waals surface area contributed by atoms with Crippen molar-refractivity contribution < 1.29 is 14.7 Å². The molecule has 0 aromatic heterocycles. The number of likely N-dealkylation sites (tertiary alicyclic amines) is 1. The van der Waals surface area contributed by atoms with E-state index < -0.39 is 11.4 Å². The van der Waals surface area contributed by atoms with Crippen LogP contribution in [0, 0.1) is 5.92 Å². The molecule has 2 aromatic rings. The van der Waals surface area contributed by atoms with Gasteiger partial charge >= 0.3 is 5.97 Å². The highest BCUT2D eigenvalue weighted by Gasteiger charge is 2.39. The van der Waals surface area contributed by atoms with Gasteiger partial charge in [0.1, 0.15) is 5.41 Å². The molecular formula is C24H30N2O3. The van der Waals surface area contributed by atoms with Crippen LogP contribution in [0.5, 0.6) is 0 Å². The Morgan fingerprint density at radius 3 is 2.17 bits per heavy atom. The van der Waals surface area contributed by atoms with Gasteiger partial charge in [0.15, 0.2) is 0 Å². The highest BCUT2D eigenvalue weighted by Crippen LogP contribution is 2.28. The largest absolute Gasteiger partial charge is 0.481 e. The Morgan fingerprint density at radius 1 is 1.03 bits per heavy atom. The number of carboxylic acid groups (broad SMARTS) is 1. The van der Waals surface area contributed by atoms with Crippen LogP contribution < -0.4 is 5.32 Å². The number of piperidine rings is 1. The lowest BCUT2D eigenvalue weighted by Gasteiger charge is -2.33. The third kappa shape index (κ3) is 5.04. The van der Waals surface area contributed by atoms with Crippen molar-refractivity contribution in [3.8, 4) is 0 Å². The summed E-state index contributed by atoms with van der Waals surface area (Å²) in [5, 5.41) is 12.9. The van der Waals surface area contributed by atoms with Gasteiger partial charge in [0.05, 0.1) is 0 Å². The zero-order chi connectivity index (χ0) is 20.7. The Kier molecular flexibility index (Phi) is 7.04. The molecule has 0 radical (unpaired) electrons. The molecule has 29 heavy (non-hydrogen) atoms. The lowest BCUT2D eigenvalue weighted by atomic mass is 9.78. The summed E-state index contributed by atoms with van der Waals surface area (Å²) in [5.41, 5.74) is 0.922. The van der Waals surface area contributed by atoms with E-state index in [1.165, 1.54) is 5.56 Å². The van der Waals surface area contributed by atoms with Gasteiger partial charge in [0, 0.05) is 19.0 Å². The first-order chi connectivity index (χ1) is 14.0. The van der Waals surface area contributed by atoms with E-state index in [1.807, 2.05) is 55.5 Å². The molecule has 1 aliphatic heterocycles. The molecule has 3 rings (SSSR count). The number of carboxylic acids is 1. The molecule has 1 fully saturated rings. The van der Waals surface area contributed by atoms with E-state index in [2.05, 4.69) is 22.3 Å². The van der Waals surface area contributed by atoms with E-state index in [-0.39, 0.29) is 18.4 Å². The summed E-state index contributed by atoms with van der Waals surface area (Å²) < 4.78 is 0. The highest BCUT2D eigenvalue weighted by molar-refractivity contribution is 5.84. The molecule has 0 aliphatic carbocycles. The molecule has 0 bridgehead atoms. The second-order valence-corrected chi connectivity index (χ2v) is 7.86. The number of nitrogens with one attached hydrogen (secondary N) is 1. The highest BCUT2D eigenvalue weighted by atomic mass is 16.4. The molecule has 154 valence electrons. The summed E-state index contributed by atoms with van der Waals surface area (Å²) in [4.78, 5) is 27.2. The first-order valence-corrected chi connectivity index (χ1v) is 10.4. The smallest absolute Gasteiger partial charge is 0.315 e. The number of hydrogen-bond donors (Lipinski definition) is 2. The van der Waals surface area contributed by atoms with E-state index >= 15 is 0 Å². The third-order valence-electron chi connectivity index (χ3n) is 6.11. The second kappa shape index (κ2) is 9.70. The number of rotatable bonds is 8. The number of benzene rings is 2. The van der Waals surface area contributed by atoms with Gasteiger partial charge < -0.3 is 10.4 Å². The maximum atomic E-state index is 12.8. The number of amides is 1. The zero-order valence-electron chi connectivity index (χ0n) is 17.0. The number of carbonyl (C=O) groups is 2. The number of carbonyl (C=O) groups excluding carboxylic acids is 1. The summed E-state index contributed by atoms with van der Waals surface area (Å²) in [6.07, 6.45) is 2.02. The minimum Gasteiger partial charge on any atom is -0.481 e. The van der Waals surface area contributed by atoms with Crippen LogP contribution in [0.4, 0.5) is 0 Å². The third-order valence-corrected chi connectivity index (χ3v) is 6.11. The monoisotopic (exact) mass is 394 g/mol. The van der Waals surface area contributed by atoms with Gasteiger partial charge in [-0.3, -0.25) is 14.5 Å². The molecule has 5 nitrogen and oxygen atoms in total. The Morgan fingerprint density at radius 2 is 1.62 bits per heavy atom. The van der Waals surface area contributed by atoms with Crippen LogP contribution in [-0.4, -0.2) is 41.5 Å². The summed E-state index contributed by atoms with van der Waals surface area (Å²) in [6, 6.07) is 19.6. The molecule has 1 atom stereocenters. The molecule has 1 amide bonds. The van der Waals surface area contributed by atoms with Gasteiger partial charge in [-0.25, -0.2) is 0 Å². The van der Waals surface area contributed by atoms with E-state index in [9.17, 15) is 14.7 Å². The molecule has 1 unspecified atom stereocenters. The van der Waals surface area contributed by atoms with E-state index in [4.69, 9.17) is 0 Å². The minimum atomic E-state index is -1.09. The number of nitrogens with zero attached hydrogens (tertiary/aromatic N) is 1. The topological polar surface area (TPSA) is 69.6 Å². The normalized spacial score (nSPS) is 17.4. The van der Waals surface area contributed by atoms with E-state index in [0.29, 0.717) is 6.42 Å². The van der Waals surface area contributed by atoms with E-state index in [0.717, 1.165) is 38.0 Å². The first kappa shape index (κ1) is 21.1. The van der Waals surface area contributed by atoms with Crippen LogP contribution in [0.15, 0.2) is 60.7 Å². The summed E-state index contributed by atoms with van der Waals surface area (Å²) in [7, 11) is 0. The van der Waals surface area contributed by atoms with Gasteiger partial charge in [-0.1, -0.05) is 67.6 Å². The maximum Gasteiger partial charge on any atom is 0.315 e. The van der Waals surface area contributed by atoms with Crippen molar-refractivity contribution in [1.29, 1.82) is 0 Å². The van der Waals surface area contributed by atoms with Gasteiger partial charge in [-0.2, -0.15) is 0 Å². The standard InChI is InChI=1S/C24H30N2O3/c1-2-24(23(28)29,21-11-7-4-8-12-21)18-25-22(27)20-13-15-26(16-14-20)17-19-9-5-3-6-10-19/h3-12,20H,2,13-18H2,1H3,(H,25,27)(H,28,29). The first-order valence-electron chi connectivity index (χ1n) is 10.4. The number of aliphatic carboxylic acids is 1. The van der Waals surface area contributed by atoms with E-state index in [1.54, 1.807) is 0 Å². The van der Waals surface area contributed by atoms with Crippen LogP contribution in [0.3, 0.4) is 0 Å². The molecular weight excluding hydrogens is 364 g/mol. The average Bonchev–Trinajstić information content (AvgIpc) is 2.76. The average molecular weight is 395 g/mol. The van der Waals surface area contributed by atoms with Crippen molar-refractivity contribution in [2.24, 2.45) is 5.92 Å². The fourth-order valence-corrected chi connectivity index (χ4v) is 4.12. The van der Waals surface area contributed by atoms with Crippen LogP contribution in [-0.2, 0) is 21.5 Å². The number of hydrogen-bond acceptors (Lipinski definition) is 3. The predicted octanol–water partition coefficient (Wildman–Crippen LogP) is 3.45. The van der Waals surface area contributed by atoms with Crippen molar-refractivity contribution in [2.75, 3.05) is 19.6 Å². The molecule has 1 aliphatic rings. The van der Waals surface area contributed by atoms with Gasteiger partial charge in [0.2, 0.25) is 5.91 Å². The van der Waals surface area contributed by atoms with Crippen molar-refractivity contribution >= 4 is 11.9 Å². The maximum absolute atomic E-state index is 12.8. The second-order valence-electron chi connectivity index (χ2n) is 7.86. The minimum absolute atomic E-state index is 0.0284. The van der Waals surface area contributed by atoms with Crippen molar-refractivity contribution in [2.45, 2.75) is 38.1 Å². The molecule has 5 heteroatoms. The molecule has 2 N–H and O–H groups in total. The van der Waals surface area contributed by atoms with Crippen LogP contribution >= 0.6 is 0 Å². The van der Waals surface area contributed by atoms with Crippen molar-refractivity contribution in [3.05, 3.63) is 71.8 Å². The quantitative estimate of drug-likeness (QED) is 0.720. The van der Waals surface area contributed by atoms with Crippen LogP contribution in [0.25, 0.3) is 0 Å². The fourth-order valence-electron chi connectivity index (χ4n) is 4.12. The summed E-state index contributed by atoms with van der Waals surface area (Å²) in [5.74, 6) is -0.982. The lowest BCUT2D eigenvalue weighted by molar-refractivity contribution is -0.144. The zero-order valence-corrected chi connectivity index (χ0v) is 17.0. The Labute approximate surface area is 172 Å². The molecule has 1 heterocycles.